The van der Waals surface area contributed by atoms with Gasteiger partial charge in [-0.1, -0.05) is 26.2 Å². The van der Waals surface area contributed by atoms with Gasteiger partial charge in [-0.05, 0) is 37.0 Å². The first kappa shape index (κ1) is 15.1. The molecule has 5 N–H and O–H groups in total. The quantitative estimate of drug-likeness (QED) is 0.589. The van der Waals surface area contributed by atoms with E-state index in [9.17, 15) is 8.42 Å². The molecule has 0 saturated heterocycles. The minimum atomic E-state index is -3.70. The normalized spacial score (nSPS) is 24.1. The van der Waals surface area contributed by atoms with Crippen molar-refractivity contribution in [3.8, 4) is 0 Å². The van der Waals surface area contributed by atoms with Crippen LogP contribution in [-0.4, -0.2) is 14.5 Å². The number of primary sulfonamides is 1. The van der Waals surface area contributed by atoms with E-state index in [1.807, 2.05) is 0 Å². The van der Waals surface area contributed by atoms with Crippen LogP contribution in [0.1, 0.15) is 39.0 Å². The van der Waals surface area contributed by atoms with Crippen LogP contribution in [0.15, 0.2) is 23.1 Å². The van der Waals surface area contributed by atoms with Crippen molar-refractivity contribution >= 4 is 21.4 Å². The summed E-state index contributed by atoms with van der Waals surface area (Å²) in [5, 5.41) is 8.57. The highest BCUT2D eigenvalue weighted by atomic mass is 32.2. The molecule has 0 amide bonds. The van der Waals surface area contributed by atoms with E-state index in [0.29, 0.717) is 23.3 Å². The summed E-state index contributed by atoms with van der Waals surface area (Å²) in [5.41, 5.74) is 7.15. The van der Waals surface area contributed by atoms with Crippen molar-refractivity contribution < 1.29 is 8.42 Å². The number of nitrogens with two attached hydrogens (primary N) is 2. The standard InChI is InChI=1S/C14H23N3O2S/c1-10-5-3-2-4-6-13(10)17-14-9-11(20(16,18)19)7-8-12(14)15/h7-10,13,17H,2-6,15H2,1H3,(H2,16,18,19). The van der Waals surface area contributed by atoms with Crippen molar-refractivity contribution in [2.24, 2.45) is 11.1 Å². The maximum absolute atomic E-state index is 11.4. The second-order valence-electron chi connectivity index (χ2n) is 5.66. The van der Waals surface area contributed by atoms with E-state index in [1.54, 1.807) is 6.07 Å². The molecule has 112 valence electrons. The predicted octanol–water partition coefficient (Wildman–Crippen LogP) is 2.30. The lowest BCUT2D eigenvalue weighted by molar-refractivity contribution is 0.457. The summed E-state index contributed by atoms with van der Waals surface area (Å²) in [6.07, 6.45) is 5.98. The Labute approximate surface area is 120 Å². The molecule has 0 bridgehead atoms. The first-order chi connectivity index (χ1) is 9.38. The molecule has 0 aromatic heterocycles. The van der Waals surface area contributed by atoms with E-state index in [4.69, 9.17) is 10.9 Å². The summed E-state index contributed by atoms with van der Waals surface area (Å²) in [6.45, 7) is 2.22. The van der Waals surface area contributed by atoms with Crippen molar-refractivity contribution in [2.45, 2.75) is 50.0 Å². The van der Waals surface area contributed by atoms with E-state index in [2.05, 4.69) is 12.2 Å². The maximum Gasteiger partial charge on any atom is 0.238 e. The van der Waals surface area contributed by atoms with Gasteiger partial charge in [0.15, 0.2) is 0 Å². The monoisotopic (exact) mass is 297 g/mol. The number of nitrogens with one attached hydrogen (secondary N) is 1. The summed E-state index contributed by atoms with van der Waals surface area (Å²) >= 11 is 0. The zero-order valence-corrected chi connectivity index (χ0v) is 12.6. The van der Waals surface area contributed by atoms with Crippen LogP contribution in [0.4, 0.5) is 11.4 Å². The van der Waals surface area contributed by atoms with Gasteiger partial charge < -0.3 is 11.1 Å². The van der Waals surface area contributed by atoms with Crippen molar-refractivity contribution in [2.75, 3.05) is 11.1 Å². The van der Waals surface area contributed by atoms with Crippen LogP contribution in [0.3, 0.4) is 0 Å². The topological polar surface area (TPSA) is 98.2 Å². The van der Waals surface area contributed by atoms with E-state index in [0.717, 1.165) is 6.42 Å². The molecule has 6 heteroatoms. The average Bonchev–Trinajstić information content (AvgIpc) is 2.56. The van der Waals surface area contributed by atoms with Crippen LogP contribution >= 0.6 is 0 Å². The zero-order chi connectivity index (χ0) is 14.8. The molecule has 5 nitrogen and oxygen atoms in total. The van der Waals surface area contributed by atoms with Crippen LogP contribution in [0.2, 0.25) is 0 Å². The fraction of sp³-hybridized carbons (Fsp3) is 0.571. The van der Waals surface area contributed by atoms with Crippen LogP contribution in [-0.2, 0) is 10.0 Å². The number of rotatable bonds is 3. The third-order valence-corrected chi connectivity index (χ3v) is 4.97. The molecule has 1 saturated carbocycles. The van der Waals surface area contributed by atoms with Crippen molar-refractivity contribution in [3.05, 3.63) is 18.2 Å². The van der Waals surface area contributed by atoms with Gasteiger partial charge in [-0.25, -0.2) is 13.6 Å². The molecule has 2 rings (SSSR count). The zero-order valence-electron chi connectivity index (χ0n) is 11.8. The highest BCUT2D eigenvalue weighted by molar-refractivity contribution is 7.89. The molecular formula is C14H23N3O2S. The Morgan fingerprint density at radius 2 is 1.90 bits per heavy atom. The van der Waals surface area contributed by atoms with Gasteiger partial charge in [-0.15, -0.1) is 0 Å². The van der Waals surface area contributed by atoms with Gasteiger partial charge in [0.05, 0.1) is 16.3 Å². The Balaban J connectivity index is 2.23. The highest BCUT2D eigenvalue weighted by Crippen LogP contribution is 2.29. The third-order valence-electron chi connectivity index (χ3n) is 4.06. The maximum atomic E-state index is 11.4. The van der Waals surface area contributed by atoms with Gasteiger partial charge in [-0.2, -0.15) is 0 Å². The second-order valence-corrected chi connectivity index (χ2v) is 7.22. The second kappa shape index (κ2) is 6.01. The van der Waals surface area contributed by atoms with Crippen molar-refractivity contribution in [1.29, 1.82) is 0 Å². The Morgan fingerprint density at radius 1 is 1.20 bits per heavy atom. The summed E-state index contributed by atoms with van der Waals surface area (Å²) < 4.78 is 22.8. The molecule has 20 heavy (non-hydrogen) atoms. The number of anilines is 2. The lowest BCUT2D eigenvalue weighted by atomic mass is 9.96. The number of benzene rings is 1. The first-order valence-electron chi connectivity index (χ1n) is 7.07. The molecule has 2 atom stereocenters. The predicted molar refractivity (Wildman–Crippen MR) is 81.9 cm³/mol. The van der Waals surface area contributed by atoms with Gasteiger partial charge in [0.1, 0.15) is 0 Å². The Hall–Kier alpha value is -1.27. The minimum absolute atomic E-state index is 0.0930. The van der Waals surface area contributed by atoms with E-state index >= 15 is 0 Å². The lowest BCUT2D eigenvalue weighted by Gasteiger charge is -2.25. The SMILES string of the molecule is CC1CCCCCC1Nc1cc(S(N)(=O)=O)ccc1N. The minimum Gasteiger partial charge on any atom is -0.397 e. The Morgan fingerprint density at radius 3 is 2.60 bits per heavy atom. The molecule has 0 heterocycles. The summed E-state index contributed by atoms with van der Waals surface area (Å²) in [5.74, 6) is 0.551. The van der Waals surface area contributed by atoms with E-state index < -0.39 is 10.0 Å². The fourth-order valence-corrected chi connectivity index (χ4v) is 3.28. The molecule has 1 aromatic rings. The molecule has 0 radical (unpaired) electrons. The summed E-state index contributed by atoms with van der Waals surface area (Å²) in [7, 11) is -3.70. The van der Waals surface area contributed by atoms with Gasteiger partial charge >= 0.3 is 0 Å². The van der Waals surface area contributed by atoms with Gasteiger partial charge in [0.25, 0.3) is 0 Å². The molecular weight excluding hydrogens is 274 g/mol. The van der Waals surface area contributed by atoms with Gasteiger partial charge in [-0.3, -0.25) is 0 Å². The lowest BCUT2D eigenvalue weighted by Crippen LogP contribution is -2.27. The number of hydrogen-bond donors (Lipinski definition) is 3. The Kier molecular flexibility index (Phi) is 4.55. The first-order valence-corrected chi connectivity index (χ1v) is 8.61. The van der Waals surface area contributed by atoms with Crippen LogP contribution in [0, 0.1) is 5.92 Å². The molecule has 0 spiro atoms. The molecule has 0 aliphatic heterocycles. The highest BCUT2D eigenvalue weighted by Gasteiger charge is 2.21. The molecule has 1 fully saturated rings. The van der Waals surface area contributed by atoms with Crippen molar-refractivity contribution in [1.82, 2.24) is 0 Å². The van der Waals surface area contributed by atoms with Crippen LogP contribution < -0.4 is 16.2 Å². The Bertz CT molecular complexity index is 572. The van der Waals surface area contributed by atoms with E-state index in [1.165, 1.54) is 37.8 Å². The smallest absolute Gasteiger partial charge is 0.238 e. The molecule has 1 aliphatic carbocycles. The fourth-order valence-electron chi connectivity index (χ4n) is 2.74. The molecule has 2 unspecified atom stereocenters. The van der Waals surface area contributed by atoms with Crippen LogP contribution in [0.5, 0.6) is 0 Å². The van der Waals surface area contributed by atoms with E-state index in [-0.39, 0.29) is 4.90 Å². The average molecular weight is 297 g/mol. The third kappa shape index (κ3) is 3.64. The van der Waals surface area contributed by atoms with Gasteiger partial charge in [0.2, 0.25) is 10.0 Å². The number of nitrogen functional groups attached to an aromatic ring is 1. The molecule has 1 aromatic carbocycles. The number of hydrogen-bond acceptors (Lipinski definition) is 4. The number of sulfonamides is 1. The summed E-state index contributed by atoms with van der Waals surface area (Å²) in [4.78, 5) is 0.0930. The van der Waals surface area contributed by atoms with Crippen LogP contribution in [0.25, 0.3) is 0 Å². The van der Waals surface area contributed by atoms with Gasteiger partial charge in [0, 0.05) is 6.04 Å². The molecule has 1 aliphatic rings. The largest absolute Gasteiger partial charge is 0.397 e. The van der Waals surface area contributed by atoms with Crippen molar-refractivity contribution in [3.63, 3.8) is 0 Å². The summed E-state index contributed by atoms with van der Waals surface area (Å²) in [6, 6.07) is 4.88.